The number of β-amino-alcohol motifs (C(OH)–C–C–N with tert-alkyl or cyclic N) is 1. The van der Waals surface area contributed by atoms with Crippen LogP contribution >= 0.6 is 11.8 Å². The van der Waals surface area contributed by atoms with Crippen LogP contribution in [0.1, 0.15) is 24.9 Å². The van der Waals surface area contributed by atoms with Crippen LogP contribution in [0, 0.1) is 11.6 Å². The Kier molecular flexibility index (Phi) is 5.19. The minimum atomic E-state index is -0.459. The fourth-order valence-electron chi connectivity index (χ4n) is 2.55. The normalized spacial score (nSPS) is 24.0. The Morgan fingerprint density at radius 3 is 2.95 bits per heavy atom. The molecule has 0 aliphatic carbocycles. The molecule has 1 N–H and O–H groups in total. The lowest BCUT2D eigenvalue weighted by Crippen LogP contribution is -2.27. The van der Waals surface area contributed by atoms with Crippen LogP contribution in [0.2, 0.25) is 0 Å². The molecule has 1 aromatic rings. The van der Waals surface area contributed by atoms with Crippen LogP contribution in [-0.2, 0) is 0 Å². The summed E-state index contributed by atoms with van der Waals surface area (Å²) in [4.78, 5) is 2.05. The summed E-state index contributed by atoms with van der Waals surface area (Å²) in [6.45, 7) is 3.41. The van der Waals surface area contributed by atoms with Crippen molar-refractivity contribution in [3.63, 3.8) is 0 Å². The number of rotatable bonds is 5. The molecule has 1 fully saturated rings. The van der Waals surface area contributed by atoms with Crippen LogP contribution in [0.4, 0.5) is 8.78 Å². The zero-order valence-electron chi connectivity index (χ0n) is 11.0. The second-order valence-electron chi connectivity index (χ2n) is 4.76. The monoisotopic (exact) mass is 287 g/mol. The van der Waals surface area contributed by atoms with Gasteiger partial charge in [-0.15, -0.1) is 0 Å². The second kappa shape index (κ2) is 6.68. The number of aliphatic hydroxyl groups is 1. The van der Waals surface area contributed by atoms with Crippen LogP contribution in [0.3, 0.4) is 0 Å². The number of thioether (sulfide) groups is 1. The highest BCUT2D eigenvalue weighted by Gasteiger charge is 2.33. The van der Waals surface area contributed by atoms with Gasteiger partial charge in [-0.2, -0.15) is 11.8 Å². The fourth-order valence-corrected chi connectivity index (χ4v) is 3.20. The Labute approximate surface area is 116 Å². The zero-order valence-corrected chi connectivity index (χ0v) is 11.8. The molecule has 2 atom stereocenters. The molecule has 0 amide bonds. The maximum Gasteiger partial charge on any atom is 0.128 e. The van der Waals surface area contributed by atoms with Gasteiger partial charge in [0.05, 0.1) is 6.10 Å². The van der Waals surface area contributed by atoms with E-state index in [0.29, 0.717) is 18.5 Å². The van der Waals surface area contributed by atoms with Gasteiger partial charge in [-0.25, -0.2) is 8.78 Å². The van der Waals surface area contributed by atoms with Crippen molar-refractivity contribution in [3.8, 4) is 0 Å². The Hall–Kier alpha value is -0.650. The largest absolute Gasteiger partial charge is 0.392 e. The zero-order chi connectivity index (χ0) is 13.8. The second-order valence-corrected chi connectivity index (χ2v) is 6.16. The van der Waals surface area contributed by atoms with Crippen molar-refractivity contribution >= 4 is 11.8 Å². The van der Waals surface area contributed by atoms with Crippen molar-refractivity contribution in [1.29, 1.82) is 0 Å². The molecule has 2 nitrogen and oxygen atoms in total. The number of nitrogens with zero attached hydrogens (tertiary/aromatic N) is 1. The molecule has 0 saturated carbocycles. The summed E-state index contributed by atoms with van der Waals surface area (Å²) in [5, 5.41) is 9.78. The van der Waals surface area contributed by atoms with Gasteiger partial charge in [-0.3, -0.25) is 4.90 Å². The van der Waals surface area contributed by atoms with E-state index < -0.39 is 17.7 Å². The number of aliphatic hydroxyl groups excluding tert-OH is 1. The molecule has 5 heteroatoms. The van der Waals surface area contributed by atoms with Crippen LogP contribution in [0.15, 0.2) is 18.2 Å². The Bertz CT molecular complexity index is 430. The first-order chi connectivity index (χ1) is 9.11. The average molecular weight is 287 g/mol. The van der Waals surface area contributed by atoms with Crippen LogP contribution < -0.4 is 0 Å². The lowest BCUT2D eigenvalue weighted by atomic mass is 10.0. The number of halogens is 2. The van der Waals surface area contributed by atoms with E-state index in [0.717, 1.165) is 30.2 Å². The van der Waals surface area contributed by atoms with E-state index >= 15 is 0 Å². The number of hydrogen-bond acceptors (Lipinski definition) is 3. The smallest absolute Gasteiger partial charge is 0.128 e. The van der Waals surface area contributed by atoms with Gasteiger partial charge in [-0.1, -0.05) is 6.92 Å². The number of benzene rings is 1. The van der Waals surface area contributed by atoms with E-state index in [4.69, 9.17) is 0 Å². The molecule has 0 aromatic heterocycles. The Balaban J connectivity index is 2.13. The molecule has 1 aromatic carbocycles. The van der Waals surface area contributed by atoms with Crippen LogP contribution in [0.5, 0.6) is 0 Å². The van der Waals surface area contributed by atoms with Crippen LogP contribution in [0.25, 0.3) is 0 Å². The molecule has 1 aliphatic heterocycles. The van der Waals surface area contributed by atoms with Crippen molar-refractivity contribution in [2.45, 2.75) is 25.5 Å². The molecule has 1 saturated heterocycles. The standard InChI is InChI=1S/C14H19F2NOS/c1-2-19-6-5-17-9-11(18)8-14(17)12-7-10(15)3-4-13(12)16/h3-4,7,11,14,18H,2,5-6,8-9H2,1H3. The SMILES string of the molecule is CCSCCN1CC(O)CC1c1cc(F)ccc1F. The third-order valence-electron chi connectivity index (χ3n) is 3.43. The van der Waals surface area contributed by atoms with Gasteiger partial charge in [0, 0.05) is 30.4 Å². The summed E-state index contributed by atoms with van der Waals surface area (Å²) >= 11 is 1.81. The predicted molar refractivity (Wildman–Crippen MR) is 74.3 cm³/mol. The van der Waals surface area contributed by atoms with Crippen LogP contribution in [-0.4, -0.2) is 40.7 Å². The summed E-state index contributed by atoms with van der Waals surface area (Å²) in [5.41, 5.74) is 0.359. The van der Waals surface area contributed by atoms with Crippen molar-refractivity contribution in [2.75, 3.05) is 24.6 Å². The van der Waals surface area contributed by atoms with E-state index in [1.54, 1.807) is 0 Å². The third-order valence-corrected chi connectivity index (χ3v) is 4.30. The molecule has 1 heterocycles. The average Bonchev–Trinajstić information content (AvgIpc) is 2.74. The lowest BCUT2D eigenvalue weighted by Gasteiger charge is -2.24. The highest BCUT2D eigenvalue weighted by atomic mass is 32.2. The summed E-state index contributed by atoms with van der Waals surface area (Å²) in [7, 11) is 0. The highest BCUT2D eigenvalue weighted by molar-refractivity contribution is 7.99. The van der Waals surface area contributed by atoms with Gasteiger partial charge in [-0.05, 0) is 30.4 Å². The summed E-state index contributed by atoms with van der Waals surface area (Å²) in [6.07, 6.45) is 0.0104. The van der Waals surface area contributed by atoms with Gasteiger partial charge >= 0.3 is 0 Å². The van der Waals surface area contributed by atoms with Gasteiger partial charge < -0.3 is 5.11 Å². The maximum absolute atomic E-state index is 13.8. The van der Waals surface area contributed by atoms with E-state index in [9.17, 15) is 13.9 Å². The van der Waals surface area contributed by atoms with E-state index in [1.165, 1.54) is 6.07 Å². The van der Waals surface area contributed by atoms with Gasteiger partial charge in [0.2, 0.25) is 0 Å². The fraction of sp³-hybridized carbons (Fsp3) is 0.571. The molecule has 19 heavy (non-hydrogen) atoms. The van der Waals surface area contributed by atoms with Gasteiger partial charge in [0.15, 0.2) is 0 Å². The topological polar surface area (TPSA) is 23.5 Å². The predicted octanol–water partition coefficient (Wildman–Crippen LogP) is 2.83. The number of hydrogen-bond donors (Lipinski definition) is 1. The van der Waals surface area contributed by atoms with Crippen molar-refractivity contribution in [3.05, 3.63) is 35.4 Å². The molecule has 1 aliphatic rings. The molecule has 2 rings (SSSR count). The summed E-state index contributed by atoms with van der Waals surface area (Å²) in [6, 6.07) is 3.32. The maximum atomic E-state index is 13.8. The molecular formula is C14H19F2NOS. The van der Waals surface area contributed by atoms with Crippen molar-refractivity contribution in [1.82, 2.24) is 4.90 Å². The van der Waals surface area contributed by atoms with E-state index in [2.05, 4.69) is 6.92 Å². The minimum Gasteiger partial charge on any atom is -0.392 e. The van der Waals surface area contributed by atoms with E-state index in [-0.39, 0.29) is 6.04 Å². The van der Waals surface area contributed by atoms with Crippen molar-refractivity contribution < 1.29 is 13.9 Å². The lowest BCUT2D eigenvalue weighted by molar-refractivity contribution is 0.177. The Morgan fingerprint density at radius 1 is 1.42 bits per heavy atom. The van der Waals surface area contributed by atoms with Gasteiger partial charge in [0.25, 0.3) is 0 Å². The summed E-state index contributed by atoms with van der Waals surface area (Å²) in [5.74, 6) is 1.15. The first-order valence-corrected chi connectivity index (χ1v) is 7.72. The summed E-state index contributed by atoms with van der Waals surface area (Å²) < 4.78 is 27.1. The molecule has 0 bridgehead atoms. The molecule has 0 spiro atoms. The Morgan fingerprint density at radius 2 is 2.21 bits per heavy atom. The number of likely N-dealkylation sites (tertiary alicyclic amines) is 1. The molecule has 2 unspecified atom stereocenters. The molecule has 0 radical (unpaired) electrons. The molecular weight excluding hydrogens is 268 g/mol. The van der Waals surface area contributed by atoms with Gasteiger partial charge in [0.1, 0.15) is 11.6 Å². The van der Waals surface area contributed by atoms with E-state index in [1.807, 2.05) is 16.7 Å². The molecule has 106 valence electrons. The first-order valence-electron chi connectivity index (χ1n) is 6.56. The minimum absolute atomic E-state index is 0.219. The quantitative estimate of drug-likeness (QED) is 0.842. The third kappa shape index (κ3) is 3.68. The first kappa shape index (κ1) is 14.8. The van der Waals surface area contributed by atoms with Crippen molar-refractivity contribution in [2.24, 2.45) is 0 Å². The highest BCUT2D eigenvalue weighted by Crippen LogP contribution is 2.33.